The minimum Gasteiger partial charge on any atom is -0.492 e. The maximum Gasteiger partial charge on any atom is 0.319 e. The Morgan fingerprint density at radius 2 is 1.89 bits per heavy atom. The van der Waals surface area contributed by atoms with E-state index in [2.05, 4.69) is 31.3 Å². The van der Waals surface area contributed by atoms with E-state index < -0.39 is 0 Å². The second-order valence-corrected chi connectivity index (χ2v) is 9.71. The van der Waals surface area contributed by atoms with Crippen molar-refractivity contribution in [2.45, 2.75) is 57.2 Å². The number of anilines is 2. The van der Waals surface area contributed by atoms with Crippen molar-refractivity contribution in [3.05, 3.63) is 55.1 Å². The van der Waals surface area contributed by atoms with Crippen molar-refractivity contribution in [3.63, 3.8) is 0 Å². The molecule has 0 spiro atoms. The lowest BCUT2D eigenvalue weighted by atomic mass is 9.92. The van der Waals surface area contributed by atoms with Crippen LogP contribution in [0.25, 0.3) is 22.2 Å². The molecule has 2 heterocycles. The van der Waals surface area contributed by atoms with E-state index in [0.717, 1.165) is 65.0 Å². The van der Waals surface area contributed by atoms with Gasteiger partial charge in [0.15, 0.2) is 0 Å². The molecule has 0 saturated heterocycles. The molecule has 4 N–H and O–H groups in total. The number of urea groups is 1. The summed E-state index contributed by atoms with van der Waals surface area (Å²) in [6.07, 6.45) is 10.0. The summed E-state index contributed by atoms with van der Waals surface area (Å²) in [5.74, 6) is 0.781. The first-order chi connectivity index (χ1) is 17.7. The number of carbonyl (C=O) groups excluding carboxylic acids is 1. The summed E-state index contributed by atoms with van der Waals surface area (Å²) in [5, 5.41) is 11.1. The van der Waals surface area contributed by atoms with E-state index in [1.54, 1.807) is 11.0 Å². The monoisotopic (exact) mass is 485 g/mol. The Hall–Kier alpha value is -4.01. The first-order valence-electron chi connectivity index (χ1n) is 12.7. The molecule has 2 aliphatic carbocycles. The minimum absolute atomic E-state index is 0.146. The number of nitrogens with one attached hydrogen (secondary N) is 2. The number of nitrogen functional groups attached to an aromatic ring is 1. The molecule has 6 rings (SSSR count). The van der Waals surface area contributed by atoms with Crippen molar-refractivity contribution in [2.24, 2.45) is 0 Å². The molecule has 4 aromatic rings. The van der Waals surface area contributed by atoms with Crippen molar-refractivity contribution < 1.29 is 9.53 Å². The summed E-state index contributed by atoms with van der Waals surface area (Å²) < 4.78 is 10.1. The molecule has 36 heavy (non-hydrogen) atoms. The lowest BCUT2D eigenvalue weighted by molar-refractivity contribution is 0.240. The first kappa shape index (κ1) is 22.5. The van der Waals surface area contributed by atoms with Crippen molar-refractivity contribution in [3.8, 4) is 17.0 Å². The third-order valence-corrected chi connectivity index (χ3v) is 7.37. The standard InChI is InChI=1S/C27H31N7O2/c28-25-23-15-22(36-14-13-33-17-29-16-30-33)11-12-24(23)34(21-5-2-6-21)26(25)18-7-9-20(10-8-18)32-27(35)31-19-3-1-4-19/h7-12,15-17,19,21H,1-6,13-14,28H2,(H2,31,32,35). The molecule has 2 aromatic carbocycles. The first-order valence-corrected chi connectivity index (χ1v) is 12.7. The van der Waals surface area contributed by atoms with Crippen LogP contribution < -0.4 is 21.1 Å². The molecular weight excluding hydrogens is 454 g/mol. The van der Waals surface area contributed by atoms with Crippen LogP contribution in [-0.2, 0) is 6.54 Å². The van der Waals surface area contributed by atoms with E-state index >= 15 is 0 Å². The average molecular weight is 486 g/mol. The Kier molecular flexibility index (Phi) is 5.96. The van der Waals surface area contributed by atoms with Crippen LogP contribution in [0.1, 0.15) is 44.6 Å². The predicted octanol–water partition coefficient (Wildman–Crippen LogP) is 4.96. The van der Waals surface area contributed by atoms with E-state index in [4.69, 9.17) is 10.5 Å². The topological polar surface area (TPSA) is 112 Å². The number of rotatable bonds is 8. The second-order valence-electron chi connectivity index (χ2n) is 9.71. The summed E-state index contributed by atoms with van der Waals surface area (Å²) in [6.45, 7) is 1.12. The largest absolute Gasteiger partial charge is 0.492 e. The normalized spacial score (nSPS) is 15.9. The Labute approximate surface area is 209 Å². The third-order valence-electron chi connectivity index (χ3n) is 7.37. The molecule has 2 aliphatic rings. The Balaban J connectivity index is 1.25. The van der Waals surface area contributed by atoms with E-state index in [1.807, 2.05) is 36.4 Å². The van der Waals surface area contributed by atoms with Gasteiger partial charge >= 0.3 is 6.03 Å². The van der Waals surface area contributed by atoms with Gasteiger partial charge in [-0.1, -0.05) is 12.1 Å². The fraction of sp³-hybridized carbons (Fsp3) is 0.370. The van der Waals surface area contributed by atoms with Crippen LogP contribution in [0, 0.1) is 0 Å². The molecule has 0 bridgehead atoms. The molecule has 2 saturated carbocycles. The van der Waals surface area contributed by atoms with Gasteiger partial charge in [-0.25, -0.2) is 14.5 Å². The van der Waals surface area contributed by atoms with Gasteiger partial charge in [0.1, 0.15) is 25.0 Å². The van der Waals surface area contributed by atoms with Gasteiger partial charge in [0.25, 0.3) is 0 Å². The van der Waals surface area contributed by atoms with Crippen molar-refractivity contribution in [1.82, 2.24) is 24.6 Å². The molecule has 0 unspecified atom stereocenters. The highest BCUT2D eigenvalue weighted by atomic mass is 16.5. The van der Waals surface area contributed by atoms with Crippen LogP contribution in [0.3, 0.4) is 0 Å². The molecule has 0 radical (unpaired) electrons. The van der Waals surface area contributed by atoms with Crippen molar-refractivity contribution >= 4 is 28.3 Å². The Morgan fingerprint density at radius 1 is 1.08 bits per heavy atom. The van der Waals surface area contributed by atoms with Gasteiger partial charge in [-0.05, 0) is 68.9 Å². The minimum atomic E-state index is -0.146. The van der Waals surface area contributed by atoms with Gasteiger partial charge < -0.3 is 25.7 Å². The highest BCUT2D eigenvalue weighted by Gasteiger charge is 2.27. The fourth-order valence-electron chi connectivity index (χ4n) is 4.95. The van der Waals surface area contributed by atoms with Crippen LogP contribution in [0.15, 0.2) is 55.1 Å². The lowest BCUT2D eigenvalue weighted by Crippen LogP contribution is -2.41. The molecule has 0 aliphatic heterocycles. The SMILES string of the molecule is Nc1c(-c2ccc(NC(=O)NC3CCC3)cc2)n(C2CCC2)c2ccc(OCCn3cncn3)cc12. The molecule has 186 valence electrons. The van der Waals surface area contributed by atoms with Crippen LogP contribution >= 0.6 is 0 Å². The highest BCUT2D eigenvalue weighted by Crippen LogP contribution is 2.44. The number of amides is 2. The van der Waals surface area contributed by atoms with Gasteiger partial charge in [-0.3, -0.25) is 0 Å². The van der Waals surface area contributed by atoms with Gasteiger partial charge in [0, 0.05) is 28.7 Å². The smallest absolute Gasteiger partial charge is 0.319 e. The fourth-order valence-corrected chi connectivity index (χ4v) is 4.95. The van der Waals surface area contributed by atoms with E-state index in [1.165, 1.54) is 19.2 Å². The van der Waals surface area contributed by atoms with Gasteiger partial charge in [-0.15, -0.1) is 0 Å². The van der Waals surface area contributed by atoms with Crippen molar-refractivity contribution in [2.75, 3.05) is 17.7 Å². The quantitative estimate of drug-likeness (QED) is 0.327. The zero-order valence-electron chi connectivity index (χ0n) is 20.2. The number of fused-ring (bicyclic) bond motifs is 1. The summed E-state index contributed by atoms with van der Waals surface area (Å²) >= 11 is 0. The molecule has 2 amide bonds. The number of nitrogens with zero attached hydrogens (tertiary/aromatic N) is 4. The highest BCUT2D eigenvalue weighted by molar-refractivity contribution is 6.02. The Morgan fingerprint density at radius 3 is 2.56 bits per heavy atom. The summed E-state index contributed by atoms with van der Waals surface area (Å²) in [6, 6.07) is 14.7. The number of ether oxygens (including phenoxy) is 1. The number of aromatic nitrogens is 4. The van der Waals surface area contributed by atoms with Gasteiger partial charge in [-0.2, -0.15) is 5.10 Å². The number of hydrogen-bond acceptors (Lipinski definition) is 5. The lowest BCUT2D eigenvalue weighted by Gasteiger charge is -2.30. The zero-order valence-corrected chi connectivity index (χ0v) is 20.2. The van der Waals surface area contributed by atoms with Gasteiger partial charge in [0.05, 0.1) is 23.4 Å². The Bertz CT molecular complexity index is 1350. The van der Waals surface area contributed by atoms with Crippen LogP contribution in [0.4, 0.5) is 16.2 Å². The van der Waals surface area contributed by atoms with E-state index in [9.17, 15) is 4.79 Å². The molecule has 9 nitrogen and oxygen atoms in total. The van der Waals surface area contributed by atoms with E-state index in [0.29, 0.717) is 25.2 Å². The molecule has 2 fully saturated rings. The molecule has 2 aromatic heterocycles. The maximum atomic E-state index is 12.2. The molecular formula is C27H31N7O2. The van der Waals surface area contributed by atoms with Crippen LogP contribution in [-0.4, -0.2) is 38.0 Å². The summed E-state index contributed by atoms with van der Waals surface area (Å²) in [4.78, 5) is 16.2. The van der Waals surface area contributed by atoms with E-state index in [-0.39, 0.29) is 6.03 Å². The number of nitrogens with two attached hydrogens (primary N) is 1. The van der Waals surface area contributed by atoms with Crippen molar-refractivity contribution in [1.29, 1.82) is 0 Å². The van der Waals surface area contributed by atoms with Gasteiger partial charge in [0.2, 0.25) is 0 Å². The number of hydrogen-bond donors (Lipinski definition) is 3. The maximum absolute atomic E-state index is 12.2. The summed E-state index contributed by atoms with van der Waals surface area (Å²) in [7, 11) is 0. The molecule has 9 heteroatoms. The molecule has 0 atom stereocenters. The number of carbonyl (C=O) groups is 1. The summed E-state index contributed by atoms with van der Waals surface area (Å²) in [5.41, 5.74) is 11.5. The average Bonchev–Trinajstić information content (AvgIpc) is 3.43. The van der Waals surface area contributed by atoms with Crippen LogP contribution in [0.5, 0.6) is 5.75 Å². The predicted molar refractivity (Wildman–Crippen MR) is 140 cm³/mol. The van der Waals surface area contributed by atoms with Crippen LogP contribution in [0.2, 0.25) is 0 Å². The second kappa shape index (κ2) is 9.56. The zero-order chi connectivity index (χ0) is 24.5. The number of benzene rings is 2. The third kappa shape index (κ3) is 4.36.